The first-order valence-corrected chi connectivity index (χ1v) is 4.06. The monoisotopic (exact) mass is 212 g/mol. The highest BCUT2D eigenvalue weighted by Crippen LogP contribution is 2.18. The summed E-state index contributed by atoms with van der Waals surface area (Å²) in [6.07, 6.45) is -0.551. The molecule has 0 fully saturated rings. The zero-order valence-electron chi connectivity index (χ0n) is 8.34. The molecule has 6 heteroatoms. The lowest BCUT2D eigenvalue weighted by Gasteiger charge is -2.23. The second-order valence-corrected chi connectivity index (χ2v) is 3.16. The molecule has 0 saturated heterocycles. The molecule has 0 amide bonds. The Balaban J connectivity index is 3.82. The molecule has 0 bridgehead atoms. The van der Waals surface area contributed by atoms with Crippen LogP contribution in [0, 0.1) is 0 Å². The number of rotatable bonds is 5. The number of aliphatic hydroxyl groups is 1. The van der Waals surface area contributed by atoms with Crippen molar-refractivity contribution in [3.63, 3.8) is 0 Å². The lowest BCUT2D eigenvalue weighted by atomic mass is 10.3. The van der Waals surface area contributed by atoms with Gasteiger partial charge in [-0.05, 0) is 6.92 Å². The summed E-state index contributed by atoms with van der Waals surface area (Å²) in [7, 11) is 0. The minimum Gasteiger partial charge on any atom is -0.408 e. The largest absolute Gasteiger partial charge is 0.408 e. The lowest BCUT2D eigenvalue weighted by Crippen LogP contribution is -2.35. The molecule has 4 nitrogen and oxygen atoms in total. The van der Waals surface area contributed by atoms with Gasteiger partial charge in [-0.15, -0.1) is 0 Å². The average molecular weight is 212 g/mol. The predicted octanol–water partition coefficient (Wildman–Crippen LogP) is 1.28. The van der Waals surface area contributed by atoms with Crippen LogP contribution in [0.1, 0.15) is 27.2 Å². The van der Waals surface area contributed by atoms with Crippen LogP contribution in [-0.2, 0) is 14.3 Å². The number of halogens is 2. The van der Waals surface area contributed by atoms with E-state index in [-0.39, 0.29) is 0 Å². The Kier molecular flexibility index (Phi) is 4.41. The molecule has 0 aliphatic rings. The standard InChI is InChI=1S/C8H14F2O4/c1-6(11)14-8(3,12)13-5-4-7(2,9)10/h12H,4-5H2,1-3H3. The van der Waals surface area contributed by atoms with Crippen molar-refractivity contribution in [3.05, 3.63) is 0 Å². The number of esters is 1. The highest BCUT2D eigenvalue weighted by Gasteiger charge is 2.27. The lowest BCUT2D eigenvalue weighted by molar-refractivity contribution is -0.332. The van der Waals surface area contributed by atoms with Gasteiger partial charge < -0.3 is 14.6 Å². The fourth-order valence-corrected chi connectivity index (χ4v) is 0.716. The molecule has 84 valence electrons. The maximum Gasteiger partial charge on any atom is 0.323 e. The molecule has 0 aliphatic carbocycles. The van der Waals surface area contributed by atoms with Crippen molar-refractivity contribution < 1.29 is 28.2 Å². The quantitative estimate of drug-likeness (QED) is 0.551. The topological polar surface area (TPSA) is 55.8 Å². The summed E-state index contributed by atoms with van der Waals surface area (Å²) in [5, 5.41) is 9.17. The van der Waals surface area contributed by atoms with Crippen molar-refractivity contribution in [1.29, 1.82) is 0 Å². The van der Waals surface area contributed by atoms with Crippen molar-refractivity contribution in [2.45, 2.75) is 39.1 Å². The molecular formula is C8H14F2O4. The molecule has 0 aliphatic heterocycles. The number of carbonyl (C=O) groups is 1. The fraction of sp³-hybridized carbons (Fsp3) is 0.875. The van der Waals surface area contributed by atoms with Crippen LogP contribution in [-0.4, -0.2) is 29.6 Å². The second kappa shape index (κ2) is 4.65. The SMILES string of the molecule is CC(=O)OC(C)(O)OCCC(C)(F)F. The Labute approximate surface area is 80.8 Å². The number of hydrogen-bond donors (Lipinski definition) is 1. The van der Waals surface area contributed by atoms with Crippen molar-refractivity contribution >= 4 is 5.97 Å². The molecule has 0 heterocycles. The highest BCUT2D eigenvalue weighted by molar-refractivity contribution is 5.66. The van der Waals surface area contributed by atoms with Gasteiger partial charge in [0.05, 0.1) is 6.61 Å². The number of alkyl halides is 2. The van der Waals surface area contributed by atoms with E-state index < -0.39 is 30.9 Å². The van der Waals surface area contributed by atoms with Gasteiger partial charge >= 0.3 is 11.9 Å². The van der Waals surface area contributed by atoms with E-state index in [1.165, 1.54) is 0 Å². The van der Waals surface area contributed by atoms with Gasteiger partial charge in [0, 0.05) is 20.3 Å². The Bertz CT molecular complexity index is 198. The first-order valence-electron chi connectivity index (χ1n) is 4.06. The van der Waals surface area contributed by atoms with Gasteiger partial charge in [-0.25, -0.2) is 8.78 Å². The number of hydrogen-bond acceptors (Lipinski definition) is 4. The predicted molar refractivity (Wildman–Crippen MR) is 43.6 cm³/mol. The van der Waals surface area contributed by atoms with Crippen molar-refractivity contribution in [2.24, 2.45) is 0 Å². The van der Waals surface area contributed by atoms with Gasteiger partial charge in [-0.3, -0.25) is 4.79 Å². The summed E-state index contributed by atoms with van der Waals surface area (Å²) in [5.41, 5.74) is 0. The summed E-state index contributed by atoms with van der Waals surface area (Å²) in [4.78, 5) is 10.4. The van der Waals surface area contributed by atoms with E-state index in [1.807, 2.05) is 0 Å². The molecule has 1 atom stereocenters. The molecule has 0 rings (SSSR count). The summed E-state index contributed by atoms with van der Waals surface area (Å²) in [6, 6.07) is 0. The van der Waals surface area contributed by atoms with Crippen molar-refractivity contribution in [1.82, 2.24) is 0 Å². The molecule has 1 N–H and O–H groups in total. The zero-order chi connectivity index (χ0) is 11.4. The second-order valence-electron chi connectivity index (χ2n) is 3.16. The van der Waals surface area contributed by atoms with E-state index in [1.54, 1.807) is 0 Å². The maximum atomic E-state index is 12.3. The molecule has 0 aromatic carbocycles. The molecule has 0 aromatic heterocycles. The molecule has 0 aromatic rings. The summed E-state index contributed by atoms with van der Waals surface area (Å²) in [6.45, 7) is 2.47. The first kappa shape index (κ1) is 13.2. The van der Waals surface area contributed by atoms with Crippen LogP contribution in [0.15, 0.2) is 0 Å². The maximum absolute atomic E-state index is 12.3. The first-order chi connectivity index (χ1) is 6.12. The smallest absolute Gasteiger partial charge is 0.323 e. The molecule has 0 radical (unpaired) electrons. The van der Waals surface area contributed by atoms with E-state index in [0.29, 0.717) is 0 Å². The van der Waals surface area contributed by atoms with Crippen LogP contribution < -0.4 is 0 Å². The van der Waals surface area contributed by atoms with Crippen LogP contribution in [0.3, 0.4) is 0 Å². The van der Waals surface area contributed by atoms with Gasteiger partial charge in [-0.2, -0.15) is 0 Å². The molecule has 14 heavy (non-hydrogen) atoms. The van der Waals surface area contributed by atoms with Gasteiger partial charge in [0.15, 0.2) is 0 Å². The Morgan fingerprint density at radius 2 is 1.93 bits per heavy atom. The molecular weight excluding hydrogens is 198 g/mol. The van der Waals surface area contributed by atoms with Gasteiger partial charge in [0.2, 0.25) is 5.92 Å². The van der Waals surface area contributed by atoms with Gasteiger partial charge in [-0.1, -0.05) is 0 Å². The average Bonchev–Trinajstić information content (AvgIpc) is 1.78. The minimum atomic E-state index is -2.87. The van der Waals surface area contributed by atoms with E-state index >= 15 is 0 Å². The molecule has 0 saturated carbocycles. The third kappa shape index (κ3) is 7.88. The normalized spacial score (nSPS) is 16.1. The minimum absolute atomic E-state index is 0.399. The third-order valence-corrected chi connectivity index (χ3v) is 1.24. The summed E-state index contributed by atoms with van der Waals surface area (Å²) >= 11 is 0. The van der Waals surface area contributed by atoms with E-state index in [2.05, 4.69) is 9.47 Å². The number of carbonyl (C=O) groups excluding carboxylic acids is 1. The van der Waals surface area contributed by atoms with Gasteiger partial charge in [0.25, 0.3) is 0 Å². The highest BCUT2D eigenvalue weighted by atomic mass is 19.3. The van der Waals surface area contributed by atoms with E-state index in [0.717, 1.165) is 20.8 Å². The third-order valence-electron chi connectivity index (χ3n) is 1.24. The van der Waals surface area contributed by atoms with Crippen LogP contribution >= 0.6 is 0 Å². The van der Waals surface area contributed by atoms with Crippen molar-refractivity contribution in [3.8, 4) is 0 Å². The summed E-state index contributed by atoms with van der Waals surface area (Å²) in [5.74, 6) is -5.76. The Morgan fingerprint density at radius 3 is 2.29 bits per heavy atom. The van der Waals surface area contributed by atoms with Crippen LogP contribution in [0.4, 0.5) is 8.78 Å². The molecule has 1 unspecified atom stereocenters. The molecule has 0 spiro atoms. The van der Waals surface area contributed by atoms with E-state index in [4.69, 9.17) is 0 Å². The van der Waals surface area contributed by atoms with Crippen molar-refractivity contribution in [2.75, 3.05) is 6.61 Å². The number of ether oxygens (including phenoxy) is 2. The van der Waals surface area contributed by atoms with Crippen LogP contribution in [0.25, 0.3) is 0 Å². The summed E-state index contributed by atoms with van der Waals surface area (Å²) < 4.78 is 33.4. The zero-order valence-corrected chi connectivity index (χ0v) is 8.34. The Morgan fingerprint density at radius 1 is 1.43 bits per heavy atom. The van der Waals surface area contributed by atoms with E-state index in [9.17, 15) is 18.7 Å². The van der Waals surface area contributed by atoms with Crippen LogP contribution in [0.2, 0.25) is 0 Å². The fourth-order valence-electron chi connectivity index (χ4n) is 0.716. The Hall–Kier alpha value is -0.750. The van der Waals surface area contributed by atoms with Crippen LogP contribution in [0.5, 0.6) is 0 Å². The van der Waals surface area contributed by atoms with Gasteiger partial charge in [0.1, 0.15) is 0 Å².